The molecule has 0 fully saturated rings. The van der Waals surface area contributed by atoms with E-state index in [4.69, 9.17) is 0 Å². The molecule has 0 aliphatic rings. The van der Waals surface area contributed by atoms with E-state index in [-0.39, 0.29) is 11.3 Å². The van der Waals surface area contributed by atoms with Crippen LogP contribution in [0.3, 0.4) is 0 Å². The van der Waals surface area contributed by atoms with Crippen molar-refractivity contribution in [2.75, 3.05) is 12.0 Å². The maximum atomic E-state index is 13.5. The molecule has 0 radical (unpaired) electrons. The molecule has 1 rings (SSSR count). The smallest absolute Gasteiger partial charge is 0.254 e. The van der Waals surface area contributed by atoms with Gasteiger partial charge in [0.2, 0.25) is 0 Å². The summed E-state index contributed by atoms with van der Waals surface area (Å²) in [6.07, 6.45) is 1.08. The molecule has 100 valence electrons. The second-order valence-electron chi connectivity index (χ2n) is 4.09. The van der Waals surface area contributed by atoms with Gasteiger partial charge < -0.3 is 5.32 Å². The van der Waals surface area contributed by atoms with E-state index in [9.17, 15) is 17.6 Å². The van der Waals surface area contributed by atoms with Crippen LogP contribution in [-0.2, 0) is 9.84 Å². The van der Waals surface area contributed by atoms with Gasteiger partial charge in [0, 0.05) is 16.8 Å². The molecule has 1 atom stereocenters. The molecule has 18 heavy (non-hydrogen) atoms. The van der Waals surface area contributed by atoms with Gasteiger partial charge in [-0.05, 0) is 25.1 Å². The lowest BCUT2D eigenvalue weighted by molar-refractivity contribution is 0.0939. The molecule has 1 amide bonds. The van der Waals surface area contributed by atoms with Crippen LogP contribution in [0.4, 0.5) is 4.39 Å². The summed E-state index contributed by atoms with van der Waals surface area (Å²) in [5.74, 6) is -1.47. The first kappa shape index (κ1) is 15.1. The Hall–Kier alpha value is -0.950. The monoisotopic (exact) mass is 337 g/mol. The number of carbonyl (C=O) groups is 1. The molecule has 0 saturated carbocycles. The molecule has 0 aromatic heterocycles. The SMILES string of the molecule is CC(CS(C)(=O)=O)NC(=O)c1ccc(Br)cc1F. The third-order valence-corrected chi connectivity index (χ3v) is 3.70. The van der Waals surface area contributed by atoms with E-state index in [0.717, 1.165) is 6.26 Å². The van der Waals surface area contributed by atoms with E-state index in [1.54, 1.807) is 13.0 Å². The molecule has 0 saturated heterocycles. The number of amides is 1. The van der Waals surface area contributed by atoms with Gasteiger partial charge in [0.05, 0.1) is 11.3 Å². The zero-order valence-electron chi connectivity index (χ0n) is 9.91. The summed E-state index contributed by atoms with van der Waals surface area (Å²) in [4.78, 5) is 11.7. The third-order valence-electron chi connectivity index (χ3n) is 2.11. The molecule has 1 unspecified atom stereocenters. The van der Waals surface area contributed by atoms with Crippen molar-refractivity contribution in [2.45, 2.75) is 13.0 Å². The Kier molecular flexibility index (Phi) is 4.86. The van der Waals surface area contributed by atoms with E-state index in [0.29, 0.717) is 4.47 Å². The summed E-state index contributed by atoms with van der Waals surface area (Å²) >= 11 is 3.08. The zero-order valence-corrected chi connectivity index (χ0v) is 12.3. The molecule has 1 aromatic rings. The molecule has 0 aliphatic carbocycles. The van der Waals surface area contributed by atoms with Crippen molar-refractivity contribution >= 4 is 31.7 Å². The fourth-order valence-electron chi connectivity index (χ4n) is 1.47. The van der Waals surface area contributed by atoms with E-state index in [1.165, 1.54) is 12.1 Å². The molecule has 1 aromatic carbocycles. The number of carbonyl (C=O) groups excluding carboxylic acids is 1. The van der Waals surface area contributed by atoms with Gasteiger partial charge in [-0.15, -0.1) is 0 Å². The van der Waals surface area contributed by atoms with Crippen LogP contribution in [0.15, 0.2) is 22.7 Å². The highest BCUT2D eigenvalue weighted by Gasteiger charge is 2.16. The van der Waals surface area contributed by atoms with Crippen molar-refractivity contribution in [1.29, 1.82) is 0 Å². The lowest BCUT2D eigenvalue weighted by atomic mass is 10.2. The third kappa shape index (κ3) is 4.73. The van der Waals surface area contributed by atoms with Gasteiger partial charge in [-0.2, -0.15) is 0 Å². The standard InChI is InChI=1S/C11H13BrFNO3S/c1-7(6-18(2,16)17)14-11(15)9-4-3-8(12)5-10(9)13/h3-5,7H,6H2,1-2H3,(H,14,15). The van der Waals surface area contributed by atoms with Gasteiger partial charge in [-0.25, -0.2) is 12.8 Å². The zero-order chi connectivity index (χ0) is 13.9. The van der Waals surface area contributed by atoms with Gasteiger partial charge in [0.15, 0.2) is 0 Å². The van der Waals surface area contributed by atoms with Gasteiger partial charge >= 0.3 is 0 Å². The summed E-state index contributed by atoms with van der Waals surface area (Å²) in [5, 5.41) is 2.44. The first-order valence-electron chi connectivity index (χ1n) is 5.12. The minimum absolute atomic E-state index is 0.112. The van der Waals surface area contributed by atoms with Gasteiger partial charge in [-0.3, -0.25) is 4.79 Å². The highest BCUT2D eigenvalue weighted by atomic mass is 79.9. The normalized spacial score (nSPS) is 13.1. The first-order valence-corrected chi connectivity index (χ1v) is 7.98. The Morgan fingerprint density at radius 2 is 2.11 bits per heavy atom. The van der Waals surface area contributed by atoms with Crippen molar-refractivity contribution in [3.8, 4) is 0 Å². The second kappa shape index (κ2) is 5.79. The summed E-state index contributed by atoms with van der Waals surface area (Å²) in [7, 11) is -3.18. The van der Waals surface area contributed by atoms with Crippen molar-refractivity contribution in [3.05, 3.63) is 34.1 Å². The van der Waals surface area contributed by atoms with Crippen LogP contribution in [0.25, 0.3) is 0 Å². The van der Waals surface area contributed by atoms with Gasteiger partial charge in [-0.1, -0.05) is 15.9 Å². The van der Waals surface area contributed by atoms with Crippen molar-refractivity contribution in [2.24, 2.45) is 0 Å². The summed E-state index contributed by atoms with van der Waals surface area (Å²) in [5.41, 5.74) is -0.112. The second-order valence-corrected chi connectivity index (χ2v) is 7.19. The quantitative estimate of drug-likeness (QED) is 0.910. The topological polar surface area (TPSA) is 63.2 Å². The summed E-state index contributed by atoms with van der Waals surface area (Å²) in [6.45, 7) is 1.55. The average Bonchev–Trinajstić information content (AvgIpc) is 2.13. The maximum Gasteiger partial charge on any atom is 0.254 e. The van der Waals surface area contributed by atoms with Crippen molar-refractivity contribution in [1.82, 2.24) is 5.32 Å². The average molecular weight is 338 g/mol. The van der Waals surface area contributed by atoms with Crippen LogP contribution >= 0.6 is 15.9 Å². The minimum Gasteiger partial charge on any atom is -0.348 e. The Morgan fingerprint density at radius 1 is 1.50 bits per heavy atom. The van der Waals surface area contributed by atoms with Crippen LogP contribution in [-0.4, -0.2) is 32.4 Å². The number of benzene rings is 1. The molecule has 0 bridgehead atoms. The van der Waals surface area contributed by atoms with Gasteiger partial charge in [0.25, 0.3) is 5.91 Å². The minimum atomic E-state index is -3.18. The Bertz CT molecular complexity index is 559. The molecule has 4 nitrogen and oxygen atoms in total. The Balaban J connectivity index is 2.77. The van der Waals surface area contributed by atoms with E-state index in [1.807, 2.05) is 0 Å². The van der Waals surface area contributed by atoms with E-state index >= 15 is 0 Å². The van der Waals surface area contributed by atoms with E-state index in [2.05, 4.69) is 21.2 Å². The molecular weight excluding hydrogens is 325 g/mol. The van der Waals surface area contributed by atoms with Gasteiger partial charge in [0.1, 0.15) is 15.7 Å². The summed E-state index contributed by atoms with van der Waals surface area (Å²) < 4.78 is 36.1. The fraction of sp³-hybridized carbons (Fsp3) is 0.364. The lowest BCUT2D eigenvalue weighted by Crippen LogP contribution is -2.37. The van der Waals surface area contributed by atoms with Crippen LogP contribution in [0.5, 0.6) is 0 Å². The maximum absolute atomic E-state index is 13.5. The first-order chi connectivity index (χ1) is 8.19. The Labute approximate surface area is 114 Å². The number of rotatable bonds is 4. The van der Waals surface area contributed by atoms with Crippen LogP contribution in [0, 0.1) is 5.82 Å². The predicted octanol–water partition coefficient (Wildman–Crippen LogP) is 1.75. The lowest BCUT2D eigenvalue weighted by Gasteiger charge is -2.13. The molecule has 0 spiro atoms. The number of nitrogens with one attached hydrogen (secondary N) is 1. The molecular formula is C11H13BrFNO3S. The molecule has 0 heterocycles. The van der Waals surface area contributed by atoms with Crippen molar-refractivity contribution in [3.63, 3.8) is 0 Å². The fourth-order valence-corrected chi connectivity index (χ4v) is 2.80. The largest absolute Gasteiger partial charge is 0.348 e. The number of hydrogen-bond acceptors (Lipinski definition) is 3. The highest BCUT2D eigenvalue weighted by molar-refractivity contribution is 9.10. The number of hydrogen-bond donors (Lipinski definition) is 1. The predicted molar refractivity (Wildman–Crippen MR) is 70.7 cm³/mol. The van der Waals surface area contributed by atoms with E-state index < -0.39 is 27.6 Å². The molecule has 1 N–H and O–H groups in total. The molecule has 0 aliphatic heterocycles. The highest BCUT2D eigenvalue weighted by Crippen LogP contribution is 2.15. The summed E-state index contributed by atoms with van der Waals surface area (Å²) in [6, 6.07) is 3.48. The van der Waals surface area contributed by atoms with Crippen LogP contribution in [0.2, 0.25) is 0 Å². The number of sulfone groups is 1. The van der Waals surface area contributed by atoms with Crippen LogP contribution in [0.1, 0.15) is 17.3 Å². The van der Waals surface area contributed by atoms with Crippen LogP contribution < -0.4 is 5.32 Å². The Morgan fingerprint density at radius 3 is 2.61 bits per heavy atom. The number of halogens is 2. The molecule has 7 heteroatoms. The van der Waals surface area contributed by atoms with Crippen molar-refractivity contribution < 1.29 is 17.6 Å².